The first kappa shape index (κ1) is 22.4. The normalized spacial score (nSPS) is 12.1. The summed E-state index contributed by atoms with van der Waals surface area (Å²) in [4.78, 5) is 12.9. The van der Waals surface area contributed by atoms with Crippen molar-refractivity contribution in [3.05, 3.63) is 90.0 Å². The van der Waals surface area contributed by atoms with Crippen LogP contribution in [0.3, 0.4) is 0 Å². The Hall–Kier alpha value is -3.32. The number of nitrogens with one attached hydrogen (secondary N) is 1. The number of nitrogens with zero attached hydrogens (tertiary/aromatic N) is 1. The summed E-state index contributed by atoms with van der Waals surface area (Å²) in [5.41, 5.74) is 2.49. The number of ether oxygens (including phenoxy) is 1. The number of benzene rings is 3. The molecule has 0 saturated heterocycles. The zero-order valence-electron chi connectivity index (χ0n) is 17.8. The smallest absolute Gasteiger partial charge is 0.264 e. The molecule has 0 spiro atoms. The van der Waals surface area contributed by atoms with Gasteiger partial charge in [-0.15, -0.1) is 0 Å². The lowest BCUT2D eigenvalue weighted by Crippen LogP contribution is -2.41. The first-order valence-corrected chi connectivity index (χ1v) is 11.3. The number of aryl methyl sites for hydroxylation is 1. The lowest BCUT2D eigenvalue weighted by Gasteiger charge is -2.25. The minimum Gasteiger partial charge on any atom is -0.497 e. The summed E-state index contributed by atoms with van der Waals surface area (Å²) in [5, 5.41) is 2.89. The Bertz CT molecular complexity index is 1110. The number of para-hydroxylation sites is 1. The molecule has 1 N–H and O–H groups in total. The van der Waals surface area contributed by atoms with Gasteiger partial charge in [-0.3, -0.25) is 9.10 Å². The summed E-state index contributed by atoms with van der Waals surface area (Å²) in [6, 6.07) is 22.3. The molecule has 0 unspecified atom stereocenters. The molecule has 0 bridgehead atoms. The number of sulfonamides is 1. The van der Waals surface area contributed by atoms with Crippen LogP contribution in [0.5, 0.6) is 5.75 Å². The lowest BCUT2D eigenvalue weighted by molar-refractivity contribution is -0.120. The summed E-state index contributed by atoms with van der Waals surface area (Å²) >= 11 is 0. The molecular weight excluding hydrogens is 412 g/mol. The van der Waals surface area contributed by atoms with Crippen LogP contribution < -0.4 is 14.4 Å². The molecule has 0 aliphatic carbocycles. The first-order valence-electron chi connectivity index (χ1n) is 9.89. The summed E-state index contributed by atoms with van der Waals surface area (Å²) in [6.07, 6.45) is 0. The van der Waals surface area contributed by atoms with Crippen LogP contribution in [0.2, 0.25) is 0 Å². The van der Waals surface area contributed by atoms with E-state index >= 15 is 0 Å². The highest BCUT2D eigenvalue weighted by Gasteiger charge is 2.27. The molecule has 3 aromatic carbocycles. The topological polar surface area (TPSA) is 75.7 Å². The van der Waals surface area contributed by atoms with Crippen molar-refractivity contribution >= 4 is 21.6 Å². The first-order chi connectivity index (χ1) is 14.8. The van der Waals surface area contributed by atoms with Gasteiger partial charge in [-0.2, -0.15) is 0 Å². The van der Waals surface area contributed by atoms with E-state index in [1.165, 1.54) is 19.2 Å². The highest BCUT2D eigenvalue weighted by atomic mass is 32.2. The Morgan fingerprint density at radius 1 is 0.968 bits per heavy atom. The Morgan fingerprint density at radius 2 is 1.58 bits per heavy atom. The Labute approximate surface area is 183 Å². The van der Waals surface area contributed by atoms with Crippen LogP contribution >= 0.6 is 0 Å². The Balaban J connectivity index is 1.85. The van der Waals surface area contributed by atoms with E-state index in [1.807, 2.05) is 38.1 Å². The van der Waals surface area contributed by atoms with E-state index in [0.717, 1.165) is 15.4 Å². The molecule has 31 heavy (non-hydrogen) atoms. The van der Waals surface area contributed by atoms with Crippen LogP contribution in [-0.4, -0.2) is 28.0 Å². The molecule has 162 valence electrons. The number of carbonyl (C=O) groups excluding carboxylic acids is 1. The minimum absolute atomic E-state index is 0.0801. The molecule has 7 heteroatoms. The maximum atomic E-state index is 13.4. The van der Waals surface area contributed by atoms with Crippen LogP contribution in [0.15, 0.2) is 83.8 Å². The average molecular weight is 439 g/mol. The van der Waals surface area contributed by atoms with Crippen LogP contribution in [0.1, 0.15) is 24.1 Å². The molecule has 1 amide bonds. The quantitative estimate of drug-likeness (QED) is 0.575. The number of anilines is 1. The minimum atomic E-state index is -3.96. The summed E-state index contributed by atoms with van der Waals surface area (Å²) in [5.74, 6) is 0.156. The van der Waals surface area contributed by atoms with E-state index in [-0.39, 0.29) is 17.5 Å². The van der Waals surface area contributed by atoms with Gasteiger partial charge in [0.1, 0.15) is 12.3 Å². The highest BCUT2D eigenvalue weighted by Crippen LogP contribution is 2.25. The van der Waals surface area contributed by atoms with Crippen molar-refractivity contribution in [3.63, 3.8) is 0 Å². The number of carbonyl (C=O) groups is 1. The van der Waals surface area contributed by atoms with Gasteiger partial charge in [0.25, 0.3) is 10.0 Å². The van der Waals surface area contributed by atoms with E-state index < -0.39 is 15.9 Å². The second-order valence-electron chi connectivity index (χ2n) is 7.22. The van der Waals surface area contributed by atoms with Crippen molar-refractivity contribution in [3.8, 4) is 5.75 Å². The van der Waals surface area contributed by atoms with Crippen molar-refractivity contribution in [2.45, 2.75) is 24.8 Å². The SMILES string of the molecule is COc1ccc(S(=O)(=O)N(CC(=O)N[C@@H](C)c2ccc(C)cc2)c2ccccc2)cc1. The third kappa shape index (κ3) is 5.44. The van der Waals surface area contributed by atoms with Gasteiger partial charge in [0.2, 0.25) is 5.91 Å². The molecule has 3 aromatic rings. The lowest BCUT2D eigenvalue weighted by atomic mass is 10.1. The van der Waals surface area contributed by atoms with Gasteiger partial charge in [0.15, 0.2) is 0 Å². The third-order valence-corrected chi connectivity index (χ3v) is 6.72. The van der Waals surface area contributed by atoms with Gasteiger partial charge in [-0.25, -0.2) is 8.42 Å². The van der Waals surface area contributed by atoms with E-state index in [4.69, 9.17) is 4.74 Å². The summed E-state index contributed by atoms with van der Waals surface area (Å²) in [7, 11) is -2.45. The van der Waals surface area contributed by atoms with E-state index in [1.54, 1.807) is 42.5 Å². The number of rotatable bonds is 8. The molecule has 0 heterocycles. The Morgan fingerprint density at radius 3 is 2.16 bits per heavy atom. The maximum absolute atomic E-state index is 13.4. The van der Waals surface area contributed by atoms with Crippen LogP contribution in [0, 0.1) is 6.92 Å². The highest BCUT2D eigenvalue weighted by molar-refractivity contribution is 7.92. The number of methoxy groups -OCH3 is 1. The molecule has 0 aromatic heterocycles. The van der Waals surface area contributed by atoms with Gasteiger partial charge >= 0.3 is 0 Å². The summed E-state index contributed by atoms with van der Waals surface area (Å²) < 4.78 is 33.0. The average Bonchev–Trinajstić information content (AvgIpc) is 2.78. The molecule has 1 atom stereocenters. The van der Waals surface area contributed by atoms with Crippen LogP contribution in [0.4, 0.5) is 5.69 Å². The molecule has 3 rings (SSSR count). The zero-order chi connectivity index (χ0) is 22.4. The molecule has 0 aliphatic heterocycles. The molecule has 0 radical (unpaired) electrons. The van der Waals surface area contributed by atoms with Gasteiger partial charge in [0, 0.05) is 0 Å². The van der Waals surface area contributed by atoms with E-state index in [9.17, 15) is 13.2 Å². The molecule has 6 nitrogen and oxygen atoms in total. The second-order valence-corrected chi connectivity index (χ2v) is 9.08. The monoisotopic (exact) mass is 438 g/mol. The van der Waals surface area contributed by atoms with Crippen molar-refractivity contribution in [2.75, 3.05) is 18.0 Å². The van der Waals surface area contributed by atoms with E-state index in [0.29, 0.717) is 11.4 Å². The fraction of sp³-hybridized carbons (Fsp3) is 0.208. The van der Waals surface area contributed by atoms with Crippen molar-refractivity contribution in [1.82, 2.24) is 5.32 Å². The fourth-order valence-corrected chi connectivity index (χ4v) is 4.56. The largest absolute Gasteiger partial charge is 0.497 e. The maximum Gasteiger partial charge on any atom is 0.264 e. The number of amides is 1. The summed E-state index contributed by atoms with van der Waals surface area (Å²) in [6.45, 7) is 3.52. The third-order valence-electron chi connectivity index (χ3n) is 4.93. The van der Waals surface area contributed by atoms with E-state index in [2.05, 4.69) is 5.32 Å². The van der Waals surface area contributed by atoms with Gasteiger partial charge in [-0.1, -0.05) is 48.0 Å². The predicted octanol–water partition coefficient (Wildman–Crippen LogP) is 4.08. The second kappa shape index (κ2) is 9.66. The zero-order valence-corrected chi connectivity index (χ0v) is 18.6. The number of hydrogen-bond acceptors (Lipinski definition) is 4. The van der Waals surface area contributed by atoms with Crippen molar-refractivity contribution in [1.29, 1.82) is 0 Å². The van der Waals surface area contributed by atoms with Gasteiger partial charge < -0.3 is 10.1 Å². The predicted molar refractivity (Wildman–Crippen MR) is 122 cm³/mol. The molecular formula is C24H26N2O4S. The van der Waals surface area contributed by atoms with Crippen molar-refractivity contribution < 1.29 is 17.9 Å². The van der Waals surface area contributed by atoms with Crippen molar-refractivity contribution in [2.24, 2.45) is 0 Å². The van der Waals surface area contributed by atoms with Crippen LogP contribution in [0.25, 0.3) is 0 Å². The molecule has 0 fully saturated rings. The molecule has 0 saturated carbocycles. The molecule has 0 aliphatic rings. The van der Waals surface area contributed by atoms with Crippen LogP contribution in [-0.2, 0) is 14.8 Å². The Kier molecular flexibility index (Phi) is 6.97. The number of hydrogen-bond donors (Lipinski definition) is 1. The van der Waals surface area contributed by atoms with Gasteiger partial charge in [-0.05, 0) is 55.8 Å². The van der Waals surface area contributed by atoms with Gasteiger partial charge in [0.05, 0.1) is 23.7 Å². The fourth-order valence-electron chi connectivity index (χ4n) is 3.14. The standard InChI is InChI=1S/C24H26N2O4S/c1-18-9-11-20(12-10-18)19(2)25-24(27)17-26(21-7-5-4-6-8-21)31(28,29)23-15-13-22(30-3)14-16-23/h4-16,19H,17H2,1-3H3,(H,25,27)/t19-/m0/s1.